The second-order valence-electron chi connectivity index (χ2n) is 8.51. The summed E-state index contributed by atoms with van der Waals surface area (Å²) in [5.74, 6) is -1.84. The van der Waals surface area contributed by atoms with Crippen LogP contribution >= 0.6 is 0 Å². The quantitative estimate of drug-likeness (QED) is 0.425. The number of sulfone groups is 1. The number of nitrogens with zero attached hydrogens (tertiary/aromatic N) is 1. The summed E-state index contributed by atoms with van der Waals surface area (Å²) in [6.45, 7) is 0.509. The molecule has 0 radical (unpaired) electrons. The lowest BCUT2D eigenvalue weighted by molar-refractivity contribution is -0.137. The SMILES string of the molecule is CS(=O)(=O)c1cc(F)cc2c1c(-c1cccc(-c3ccccc3)c1)c1n2CCC1CC(=O)O. The van der Waals surface area contributed by atoms with Gasteiger partial charge in [0, 0.05) is 35.4 Å². The van der Waals surface area contributed by atoms with E-state index < -0.39 is 21.6 Å². The predicted octanol–water partition coefficient (Wildman–Crippen LogP) is 5.48. The highest BCUT2D eigenvalue weighted by Crippen LogP contribution is 2.47. The number of rotatable bonds is 5. The van der Waals surface area contributed by atoms with Crippen LogP contribution in [-0.2, 0) is 21.2 Å². The van der Waals surface area contributed by atoms with Crippen molar-refractivity contribution in [2.45, 2.75) is 30.2 Å². The molecule has 0 amide bonds. The summed E-state index contributed by atoms with van der Waals surface area (Å²) in [7, 11) is -3.74. The first-order valence-corrected chi connectivity index (χ1v) is 12.6. The normalized spacial score (nSPS) is 15.6. The molecule has 5 rings (SSSR count). The van der Waals surface area contributed by atoms with Crippen molar-refractivity contribution in [3.05, 3.63) is 78.2 Å². The monoisotopic (exact) mass is 463 g/mol. The molecule has 0 saturated heterocycles. The summed E-state index contributed by atoms with van der Waals surface area (Å²) in [5.41, 5.74) is 4.66. The van der Waals surface area contributed by atoms with Crippen LogP contribution in [0.25, 0.3) is 33.2 Å². The Hall–Kier alpha value is -3.45. The van der Waals surface area contributed by atoms with Crippen molar-refractivity contribution in [3.8, 4) is 22.3 Å². The van der Waals surface area contributed by atoms with E-state index in [1.165, 1.54) is 6.07 Å². The predicted molar refractivity (Wildman–Crippen MR) is 125 cm³/mol. The molecule has 1 unspecified atom stereocenters. The summed E-state index contributed by atoms with van der Waals surface area (Å²) >= 11 is 0. The van der Waals surface area contributed by atoms with E-state index >= 15 is 0 Å². The van der Waals surface area contributed by atoms with Crippen LogP contribution in [0.1, 0.15) is 24.5 Å². The molecule has 4 aromatic rings. The largest absolute Gasteiger partial charge is 0.481 e. The molecule has 1 atom stereocenters. The molecule has 1 aliphatic rings. The maximum atomic E-state index is 14.5. The molecule has 0 spiro atoms. The molecule has 5 nitrogen and oxygen atoms in total. The fraction of sp³-hybridized carbons (Fsp3) is 0.192. The third-order valence-corrected chi connectivity index (χ3v) is 7.42. The number of carboxylic acid groups (broad SMARTS) is 1. The molecule has 33 heavy (non-hydrogen) atoms. The lowest BCUT2D eigenvalue weighted by Crippen LogP contribution is -2.04. The van der Waals surface area contributed by atoms with Gasteiger partial charge in [-0.25, -0.2) is 12.8 Å². The summed E-state index contributed by atoms with van der Waals surface area (Å²) in [5, 5.41) is 9.94. The van der Waals surface area contributed by atoms with E-state index in [0.717, 1.165) is 34.7 Å². The summed E-state index contributed by atoms with van der Waals surface area (Å²) in [6, 6.07) is 20.0. The fourth-order valence-corrected chi connectivity index (χ4v) is 5.90. The van der Waals surface area contributed by atoms with Gasteiger partial charge in [0.15, 0.2) is 9.84 Å². The maximum absolute atomic E-state index is 14.5. The minimum atomic E-state index is -3.74. The van der Waals surface area contributed by atoms with Crippen LogP contribution in [0.3, 0.4) is 0 Å². The van der Waals surface area contributed by atoms with Gasteiger partial charge in [-0.3, -0.25) is 4.79 Å². The second kappa shape index (κ2) is 7.85. The van der Waals surface area contributed by atoms with E-state index in [1.54, 1.807) is 0 Å². The zero-order valence-corrected chi connectivity index (χ0v) is 18.8. The number of carbonyl (C=O) groups is 1. The standard InChI is InChI=1S/C26H22FNO4S/c1-33(31,32)22-15-20(27)14-21-25(22)24(26-19(13-23(29)30)10-11-28(21)26)18-9-5-8-17(12-18)16-6-3-2-4-7-16/h2-9,12,14-15,19H,10-11,13H2,1H3,(H,29,30). The molecular weight excluding hydrogens is 441 g/mol. The number of hydrogen-bond donors (Lipinski definition) is 1. The van der Waals surface area contributed by atoms with Crippen molar-refractivity contribution < 1.29 is 22.7 Å². The Balaban J connectivity index is 1.86. The topological polar surface area (TPSA) is 76.4 Å². The third kappa shape index (κ3) is 3.72. The first kappa shape index (κ1) is 21.4. The molecule has 0 fully saturated rings. The molecule has 168 valence electrons. The number of aromatic nitrogens is 1. The first-order chi connectivity index (χ1) is 15.7. The Morgan fingerprint density at radius 2 is 1.73 bits per heavy atom. The van der Waals surface area contributed by atoms with Gasteiger partial charge in [-0.15, -0.1) is 0 Å². The Kier molecular flexibility index (Phi) is 5.09. The number of aliphatic carboxylic acids is 1. The van der Waals surface area contributed by atoms with E-state index in [2.05, 4.69) is 0 Å². The molecular formula is C26H22FNO4S. The van der Waals surface area contributed by atoms with Gasteiger partial charge in [0.25, 0.3) is 0 Å². The zero-order chi connectivity index (χ0) is 23.3. The minimum absolute atomic E-state index is 0.0710. The van der Waals surface area contributed by atoms with Crippen molar-refractivity contribution in [2.24, 2.45) is 0 Å². The van der Waals surface area contributed by atoms with E-state index in [-0.39, 0.29) is 17.2 Å². The van der Waals surface area contributed by atoms with Crippen molar-refractivity contribution in [1.82, 2.24) is 4.57 Å². The zero-order valence-electron chi connectivity index (χ0n) is 18.0. The molecule has 1 aliphatic heterocycles. The molecule has 2 heterocycles. The average Bonchev–Trinajstić information content (AvgIpc) is 3.31. The van der Waals surface area contributed by atoms with Gasteiger partial charge in [-0.1, -0.05) is 48.5 Å². The van der Waals surface area contributed by atoms with E-state index in [0.29, 0.717) is 29.4 Å². The molecule has 0 bridgehead atoms. The van der Waals surface area contributed by atoms with Crippen molar-refractivity contribution in [1.29, 1.82) is 0 Å². The van der Waals surface area contributed by atoms with Crippen molar-refractivity contribution >= 4 is 26.7 Å². The summed E-state index contributed by atoms with van der Waals surface area (Å²) < 4.78 is 41.8. The highest BCUT2D eigenvalue weighted by atomic mass is 32.2. The maximum Gasteiger partial charge on any atom is 0.304 e. The summed E-state index contributed by atoms with van der Waals surface area (Å²) in [6.07, 6.45) is 1.61. The smallest absolute Gasteiger partial charge is 0.304 e. The van der Waals surface area contributed by atoms with Gasteiger partial charge in [0.2, 0.25) is 0 Å². The van der Waals surface area contributed by atoms with Gasteiger partial charge >= 0.3 is 5.97 Å². The Morgan fingerprint density at radius 1 is 1.03 bits per heavy atom. The number of carboxylic acids is 1. The van der Waals surface area contributed by atoms with Gasteiger partial charge in [-0.2, -0.15) is 0 Å². The van der Waals surface area contributed by atoms with Crippen LogP contribution in [-0.4, -0.2) is 30.3 Å². The molecule has 1 N–H and O–H groups in total. The van der Waals surface area contributed by atoms with Gasteiger partial charge in [0.1, 0.15) is 5.82 Å². The lowest BCUT2D eigenvalue weighted by Gasteiger charge is -2.13. The third-order valence-electron chi connectivity index (χ3n) is 6.30. The van der Waals surface area contributed by atoms with E-state index in [4.69, 9.17) is 0 Å². The molecule has 0 aliphatic carbocycles. The molecule has 1 aromatic heterocycles. The van der Waals surface area contributed by atoms with Gasteiger partial charge < -0.3 is 9.67 Å². The van der Waals surface area contributed by atoms with Gasteiger partial charge in [0.05, 0.1) is 16.8 Å². The Bertz CT molecular complexity index is 1510. The minimum Gasteiger partial charge on any atom is -0.481 e. The van der Waals surface area contributed by atoms with E-state index in [1.807, 2.05) is 59.2 Å². The van der Waals surface area contributed by atoms with Gasteiger partial charge in [-0.05, 0) is 41.3 Å². The number of fused-ring (bicyclic) bond motifs is 3. The molecule has 3 aromatic carbocycles. The number of halogens is 1. The fourth-order valence-electron chi connectivity index (χ4n) is 4.99. The van der Waals surface area contributed by atoms with Crippen molar-refractivity contribution in [3.63, 3.8) is 0 Å². The van der Waals surface area contributed by atoms with Crippen LogP contribution in [0, 0.1) is 5.82 Å². The number of aryl methyl sites for hydroxylation is 1. The van der Waals surface area contributed by atoms with Crippen LogP contribution in [0.2, 0.25) is 0 Å². The number of hydrogen-bond acceptors (Lipinski definition) is 3. The lowest BCUT2D eigenvalue weighted by atomic mass is 9.91. The Morgan fingerprint density at radius 3 is 2.42 bits per heavy atom. The molecule has 7 heteroatoms. The van der Waals surface area contributed by atoms with Crippen LogP contribution in [0.4, 0.5) is 4.39 Å². The van der Waals surface area contributed by atoms with Crippen LogP contribution in [0.15, 0.2) is 71.6 Å². The highest BCUT2D eigenvalue weighted by Gasteiger charge is 2.34. The Labute approximate surface area is 191 Å². The average molecular weight is 464 g/mol. The second-order valence-corrected chi connectivity index (χ2v) is 10.5. The molecule has 0 saturated carbocycles. The van der Waals surface area contributed by atoms with Crippen molar-refractivity contribution in [2.75, 3.05) is 6.26 Å². The van der Waals surface area contributed by atoms with Crippen LogP contribution < -0.4 is 0 Å². The number of benzene rings is 3. The summed E-state index contributed by atoms with van der Waals surface area (Å²) in [4.78, 5) is 11.5. The van der Waals surface area contributed by atoms with E-state index in [9.17, 15) is 22.7 Å². The van der Waals surface area contributed by atoms with Crippen LogP contribution in [0.5, 0.6) is 0 Å². The highest BCUT2D eigenvalue weighted by molar-refractivity contribution is 7.91. The first-order valence-electron chi connectivity index (χ1n) is 10.7.